The van der Waals surface area contributed by atoms with Crippen LogP contribution in [0.4, 0.5) is 0 Å². The van der Waals surface area contributed by atoms with Gasteiger partial charge >= 0.3 is 0 Å². The first-order chi connectivity index (χ1) is 9.25. The van der Waals surface area contributed by atoms with E-state index >= 15 is 0 Å². The number of furan rings is 1. The Balaban J connectivity index is 1.78. The molecule has 5 heteroatoms. The average Bonchev–Trinajstić information content (AvgIpc) is 2.96. The third-order valence-electron chi connectivity index (χ3n) is 3.69. The summed E-state index contributed by atoms with van der Waals surface area (Å²) in [4.78, 5) is 26.1. The number of allylic oxidation sites excluding steroid dienone is 1. The molecule has 0 aromatic carbocycles. The number of piperidine rings is 1. The summed E-state index contributed by atoms with van der Waals surface area (Å²) >= 11 is 0. The van der Waals surface area contributed by atoms with Crippen molar-refractivity contribution in [3.8, 4) is 0 Å². The Morgan fingerprint density at radius 2 is 2.37 bits per heavy atom. The van der Waals surface area contributed by atoms with Crippen LogP contribution < -0.4 is 5.32 Å². The van der Waals surface area contributed by atoms with Crippen LogP contribution in [-0.4, -0.2) is 35.7 Å². The topological polar surface area (TPSA) is 62.6 Å². The molecular weight excluding hydrogens is 244 g/mol. The number of nitrogens with zero attached hydrogens (tertiary/aromatic N) is 1. The zero-order valence-electron chi connectivity index (χ0n) is 10.6. The number of carbonyl (C=O) groups is 2. The van der Waals surface area contributed by atoms with Crippen LogP contribution in [0.1, 0.15) is 29.8 Å². The fourth-order valence-corrected chi connectivity index (χ4v) is 2.67. The summed E-state index contributed by atoms with van der Waals surface area (Å²) in [6.07, 6.45) is 6.04. The van der Waals surface area contributed by atoms with E-state index in [1.54, 1.807) is 12.1 Å². The van der Waals surface area contributed by atoms with E-state index in [2.05, 4.69) is 5.32 Å². The summed E-state index contributed by atoms with van der Waals surface area (Å²) in [5.41, 5.74) is 0.375. The van der Waals surface area contributed by atoms with E-state index in [1.807, 2.05) is 4.90 Å². The molecule has 2 saturated heterocycles. The van der Waals surface area contributed by atoms with Gasteiger partial charge in [-0.3, -0.25) is 9.59 Å². The molecule has 1 aromatic rings. The van der Waals surface area contributed by atoms with Crippen molar-refractivity contribution in [2.24, 2.45) is 0 Å². The molecule has 3 rings (SSSR count). The van der Waals surface area contributed by atoms with Crippen LogP contribution in [0.5, 0.6) is 0 Å². The third kappa shape index (κ3) is 2.28. The predicted octanol–water partition coefficient (Wildman–Crippen LogP) is 1.33. The van der Waals surface area contributed by atoms with Gasteiger partial charge in [-0.15, -0.1) is 0 Å². The maximum Gasteiger partial charge on any atom is 0.270 e. The minimum absolute atomic E-state index is 0.0733. The van der Waals surface area contributed by atoms with Gasteiger partial charge in [0.2, 0.25) is 5.78 Å². The van der Waals surface area contributed by atoms with E-state index < -0.39 is 0 Å². The highest BCUT2D eigenvalue weighted by Crippen LogP contribution is 2.22. The van der Waals surface area contributed by atoms with Crippen molar-refractivity contribution in [2.45, 2.75) is 25.3 Å². The number of hydrogen-bond donors (Lipinski definition) is 1. The molecule has 0 radical (unpaired) electrons. The van der Waals surface area contributed by atoms with E-state index in [0.29, 0.717) is 5.70 Å². The van der Waals surface area contributed by atoms with Crippen molar-refractivity contribution in [3.63, 3.8) is 0 Å². The first-order valence-electron chi connectivity index (χ1n) is 6.60. The van der Waals surface area contributed by atoms with Crippen LogP contribution in [0.15, 0.2) is 34.6 Å². The van der Waals surface area contributed by atoms with Crippen molar-refractivity contribution in [2.75, 3.05) is 13.1 Å². The maximum atomic E-state index is 12.3. The summed E-state index contributed by atoms with van der Waals surface area (Å²) < 4.78 is 5.03. The maximum absolute atomic E-state index is 12.3. The minimum atomic E-state index is -0.281. The van der Waals surface area contributed by atoms with Crippen LogP contribution in [0.3, 0.4) is 0 Å². The lowest BCUT2D eigenvalue weighted by Gasteiger charge is -2.40. The van der Waals surface area contributed by atoms with Gasteiger partial charge in [-0.05, 0) is 31.4 Å². The number of carbonyl (C=O) groups excluding carboxylic acids is 2. The molecule has 2 fully saturated rings. The fraction of sp³-hybridized carbons (Fsp3) is 0.429. The Hall–Kier alpha value is -2.04. The number of rotatable bonds is 2. The zero-order valence-corrected chi connectivity index (χ0v) is 10.6. The van der Waals surface area contributed by atoms with Crippen molar-refractivity contribution < 1.29 is 14.0 Å². The molecule has 1 atom stereocenters. The molecule has 0 spiro atoms. The lowest BCUT2D eigenvalue weighted by Crippen LogP contribution is -2.55. The summed E-state index contributed by atoms with van der Waals surface area (Å²) in [5, 5.41) is 3.07. The number of piperazine rings is 1. The van der Waals surface area contributed by atoms with Crippen molar-refractivity contribution >= 4 is 11.7 Å². The predicted molar refractivity (Wildman–Crippen MR) is 68.5 cm³/mol. The van der Waals surface area contributed by atoms with Gasteiger partial charge in [0.25, 0.3) is 5.91 Å². The van der Waals surface area contributed by atoms with Gasteiger partial charge in [0.15, 0.2) is 5.76 Å². The number of nitrogens with one attached hydrogen (secondary N) is 1. The number of ketones is 1. The Labute approximate surface area is 111 Å². The third-order valence-corrected chi connectivity index (χ3v) is 3.69. The molecule has 0 aliphatic carbocycles. The van der Waals surface area contributed by atoms with Gasteiger partial charge in [-0.1, -0.05) is 0 Å². The molecule has 5 nitrogen and oxygen atoms in total. The van der Waals surface area contributed by atoms with Gasteiger partial charge in [-0.25, -0.2) is 0 Å². The number of fused-ring (bicyclic) bond motifs is 1. The lowest BCUT2D eigenvalue weighted by molar-refractivity contribution is -0.132. The second kappa shape index (κ2) is 4.91. The Morgan fingerprint density at radius 3 is 3.16 bits per heavy atom. The van der Waals surface area contributed by atoms with Crippen molar-refractivity contribution in [1.82, 2.24) is 10.2 Å². The standard InChI is InChI=1S/C14H16N2O3/c17-12(13-5-3-7-19-13)8-11-14(18)16-6-2-1-4-10(16)9-15-11/h3,5,7-8,10,15H,1-2,4,6,9H2. The molecule has 100 valence electrons. The van der Waals surface area contributed by atoms with E-state index in [-0.39, 0.29) is 23.5 Å². The summed E-state index contributed by atoms with van der Waals surface area (Å²) in [5.74, 6) is -0.102. The zero-order chi connectivity index (χ0) is 13.2. The van der Waals surface area contributed by atoms with Gasteiger partial charge in [0, 0.05) is 25.2 Å². The molecule has 1 unspecified atom stereocenters. The van der Waals surface area contributed by atoms with Crippen LogP contribution in [-0.2, 0) is 4.79 Å². The average molecular weight is 260 g/mol. The molecule has 2 aliphatic heterocycles. The second-order valence-corrected chi connectivity index (χ2v) is 4.93. The molecular formula is C14H16N2O3. The molecule has 0 saturated carbocycles. The van der Waals surface area contributed by atoms with Gasteiger partial charge in [0.1, 0.15) is 5.70 Å². The molecule has 1 N–H and O–H groups in total. The SMILES string of the molecule is O=C(C=C1NCC2CCCCN2C1=O)c1ccco1. The highest BCUT2D eigenvalue weighted by Gasteiger charge is 2.33. The van der Waals surface area contributed by atoms with E-state index in [0.717, 1.165) is 25.9 Å². The molecule has 1 aromatic heterocycles. The molecule has 19 heavy (non-hydrogen) atoms. The minimum Gasteiger partial charge on any atom is -0.461 e. The monoisotopic (exact) mass is 260 g/mol. The van der Waals surface area contributed by atoms with E-state index in [9.17, 15) is 9.59 Å². The van der Waals surface area contributed by atoms with Gasteiger partial charge in [-0.2, -0.15) is 0 Å². The normalized spacial score (nSPS) is 25.1. The molecule has 0 bridgehead atoms. The molecule has 2 aliphatic rings. The van der Waals surface area contributed by atoms with E-state index in [1.165, 1.54) is 18.8 Å². The molecule has 3 heterocycles. The fourth-order valence-electron chi connectivity index (χ4n) is 2.67. The van der Waals surface area contributed by atoms with Gasteiger partial charge < -0.3 is 14.6 Å². The van der Waals surface area contributed by atoms with Crippen molar-refractivity contribution in [1.29, 1.82) is 0 Å². The van der Waals surface area contributed by atoms with E-state index in [4.69, 9.17) is 4.42 Å². The van der Waals surface area contributed by atoms with Crippen LogP contribution in [0, 0.1) is 0 Å². The smallest absolute Gasteiger partial charge is 0.270 e. The van der Waals surface area contributed by atoms with Crippen LogP contribution in [0.25, 0.3) is 0 Å². The van der Waals surface area contributed by atoms with Crippen LogP contribution >= 0.6 is 0 Å². The van der Waals surface area contributed by atoms with Crippen molar-refractivity contribution in [3.05, 3.63) is 35.9 Å². The summed E-state index contributed by atoms with van der Waals surface area (Å²) in [6.45, 7) is 1.51. The Kier molecular flexibility index (Phi) is 3.11. The first-order valence-corrected chi connectivity index (χ1v) is 6.60. The Morgan fingerprint density at radius 1 is 1.47 bits per heavy atom. The summed E-state index contributed by atoms with van der Waals surface area (Å²) in [6, 6.07) is 3.52. The number of amides is 1. The number of hydrogen-bond acceptors (Lipinski definition) is 4. The highest BCUT2D eigenvalue weighted by molar-refractivity contribution is 6.08. The molecule has 1 amide bonds. The second-order valence-electron chi connectivity index (χ2n) is 4.93. The largest absolute Gasteiger partial charge is 0.461 e. The first kappa shape index (κ1) is 12.0. The lowest BCUT2D eigenvalue weighted by atomic mass is 9.99. The summed E-state index contributed by atoms with van der Waals surface area (Å²) in [7, 11) is 0. The van der Waals surface area contributed by atoms with Crippen LogP contribution in [0.2, 0.25) is 0 Å². The highest BCUT2D eigenvalue weighted by atomic mass is 16.3. The van der Waals surface area contributed by atoms with Gasteiger partial charge in [0.05, 0.1) is 6.26 Å². The quantitative estimate of drug-likeness (QED) is 0.643. The Bertz CT molecular complexity index is 519.